The van der Waals surface area contributed by atoms with Crippen LogP contribution in [-0.2, 0) is 16.6 Å². The Morgan fingerprint density at radius 2 is 1.71 bits per heavy atom. The van der Waals surface area contributed by atoms with Crippen molar-refractivity contribution in [2.24, 2.45) is 0 Å². The van der Waals surface area contributed by atoms with Gasteiger partial charge in [0.05, 0.1) is 17.2 Å². The van der Waals surface area contributed by atoms with Crippen LogP contribution < -0.4 is 4.74 Å². The van der Waals surface area contributed by atoms with Crippen LogP contribution in [0.5, 0.6) is 5.75 Å². The first kappa shape index (κ1) is 22.2. The maximum atomic E-state index is 12.8. The molecule has 0 unspecified atom stereocenters. The van der Waals surface area contributed by atoms with Crippen molar-refractivity contribution in [3.63, 3.8) is 0 Å². The molecule has 2 aromatic carbocycles. The van der Waals surface area contributed by atoms with Crippen LogP contribution in [0.1, 0.15) is 12.6 Å². The van der Waals surface area contributed by atoms with Gasteiger partial charge in [0, 0.05) is 48.7 Å². The number of piperazine rings is 1. The Kier molecular flexibility index (Phi) is 6.93. The first-order valence-electron chi connectivity index (χ1n) is 10.1. The number of hydrogen-bond donors (Lipinski definition) is 0. The summed E-state index contributed by atoms with van der Waals surface area (Å²) in [6.07, 6.45) is 0. The molecule has 0 amide bonds. The van der Waals surface area contributed by atoms with Crippen LogP contribution in [0.25, 0.3) is 10.6 Å². The van der Waals surface area contributed by atoms with Gasteiger partial charge in [0.1, 0.15) is 10.8 Å². The van der Waals surface area contributed by atoms with Crippen molar-refractivity contribution < 1.29 is 13.2 Å². The molecule has 1 aromatic heterocycles. The summed E-state index contributed by atoms with van der Waals surface area (Å²) in [5.41, 5.74) is 2.07. The number of aromatic nitrogens is 1. The highest BCUT2D eigenvalue weighted by atomic mass is 35.5. The molecule has 9 heteroatoms. The van der Waals surface area contributed by atoms with E-state index in [4.69, 9.17) is 21.3 Å². The molecule has 3 aromatic rings. The minimum atomic E-state index is -3.49. The third-order valence-electron chi connectivity index (χ3n) is 5.13. The minimum absolute atomic E-state index is 0.282. The topological polar surface area (TPSA) is 62.7 Å². The van der Waals surface area contributed by atoms with Crippen LogP contribution in [0.4, 0.5) is 0 Å². The van der Waals surface area contributed by atoms with Crippen molar-refractivity contribution in [1.29, 1.82) is 0 Å². The van der Waals surface area contributed by atoms with Gasteiger partial charge >= 0.3 is 0 Å². The summed E-state index contributed by atoms with van der Waals surface area (Å²) in [7, 11) is -3.49. The molecule has 31 heavy (non-hydrogen) atoms. The summed E-state index contributed by atoms with van der Waals surface area (Å²) in [6, 6.07) is 14.3. The van der Waals surface area contributed by atoms with Crippen LogP contribution in [0.3, 0.4) is 0 Å². The number of ether oxygens (including phenoxy) is 1. The molecule has 0 spiro atoms. The van der Waals surface area contributed by atoms with Crippen LogP contribution >= 0.6 is 22.9 Å². The lowest BCUT2D eigenvalue weighted by atomic mass is 10.2. The van der Waals surface area contributed by atoms with Gasteiger partial charge in [0.25, 0.3) is 0 Å². The predicted octanol–water partition coefficient (Wildman–Crippen LogP) is 4.37. The van der Waals surface area contributed by atoms with E-state index in [1.165, 1.54) is 0 Å². The van der Waals surface area contributed by atoms with Crippen LogP contribution in [-0.4, -0.2) is 55.4 Å². The highest BCUT2D eigenvalue weighted by Crippen LogP contribution is 2.27. The van der Waals surface area contributed by atoms with Gasteiger partial charge in [0.15, 0.2) is 0 Å². The third kappa shape index (κ3) is 5.27. The summed E-state index contributed by atoms with van der Waals surface area (Å²) >= 11 is 7.50. The lowest BCUT2D eigenvalue weighted by molar-refractivity contribution is 0.180. The minimum Gasteiger partial charge on any atom is -0.494 e. The van der Waals surface area contributed by atoms with Crippen molar-refractivity contribution in [1.82, 2.24) is 14.2 Å². The van der Waals surface area contributed by atoms with Gasteiger partial charge in [-0.25, -0.2) is 13.4 Å². The summed E-state index contributed by atoms with van der Waals surface area (Å²) in [5.74, 6) is 0.856. The fourth-order valence-electron chi connectivity index (χ4n) is 3.49. The Labute approximate surface area is 192 Å². The van der Waals surface area contributed by atoms with Gasteiger partial charge in [-0.05, 0) is 55.5 Å². The van der Waals surface area contributed by atoms with E-state index in [1.807, 2.05) is 31.2 Å². The van der Waals surface area contributed by atoms with E-state index in [-0.39, 0.29) is 4.90 Å². The fourth-order valence-corrected chi connectivity index (χ4v) is 5.85. The predicted molar refractivity (Wildman–Crippen MR) is 124 cm³/mol. The molecule has 6 nitrogen and oxygen atoms in total. The lowest BCUT2D eigenvalue weighted by Gasteiger charge is -2.33. The number of halogens is 1. The molecule has 0 N–H and O–H groups in total. The van der Waals surface area contributed by atoms with Gasteiger partial charge in [-0.3, -0.25) is 4.90 Å². The average Bonchev–Trinajstić information content (AvgIpc) is 3.24. The quantitative estimate of drug-likeness (QED) is 0.505. The molecular weight excluding hydrogens is 454 g/mol. The van der Waals surface area contributed by atoms with Gasteiger partial charge in [-0.1, -0.05) is 11.6 Å². The summed E-state index contributed by atoms with van der Waals surface area (Å²) in [4.78, 5) is 7.29. The van der Waals surface area contributed by atoms with Crippen molar-refractivity contribution in [3.05, 3.63) is 64.6 Å². The number of nitrogens with zero attached hydrogens (tertiary/aromatic N) is 3. The molecule has 164 valence electrons. The van der Waals surface area contributed by atoms with Gasteiger partial charge in [-0.2, -0.15) is 4.31 Å². The van der Waals surface area contributed by atoms with E-state index in [9.17, 15) is 8.42 Å². The van der Waals surface area contributed by atoms with Crippen LogP contribution in [0, 0.1) is 0 Å². The largest absolute Gasteiger partial charge is 0.494 e. The Hall–Kier alpha value is -1.97. The van der Waals surface area contributed by atoms with Crippen LogP contribution in [0.2, 0.25) is 5.02 Å². The average molecular weight is 478 g/mol. The van der Waals surface area contributed by atoms with E-state index in [0.717, 1.165) is 22.0 Å². The van der Waals surface area contributed by atoms with E-state index in [2.05, 4.69) is 10.3 Å². The molecule has 1 aliphatic heterocycles. The Bertz CT molecular complexity index is 1110. The number of hydrogen-bond acceptors (Lipinski definition) is 6. The smallest absolute Gasteiger partial charge is 0.243 e. The van der Waals surface area contributed by atoms with Gasteiger partial charge < -0.3 is 4.74 Å². The van der Waals surface area contributed by atoms with Crippen molar-refractivity contribution in [2.75, 3.05) is 32.8 Å². The van der Waals surface area contributed by atoms with E-state index < -0.39 is 10.0 Å². The Morgan fingerprint density at radius 1 is 1.03 bits per heavy atom. The standard InChI is InChI=1S/C22H24ClN3O3S2/c1-2-29-20-7-3-17(4-8-20)22-24-19(16-30-22)15-25-11-13-26(14-12-25)31(27,28)21-9-5-18(23)6-10-21/h3-10,16H,2,11-15H2,1H3. The molecule has 2 heterocycles. The van der Waals surface area contributed by atoms with Crippen molar-refractivity contribution in [3.8, 4) is 16.3 Å². The molecule has 0 aliphatic carbocycles. The summed E-state index contributed by atoms with van der Waals surface area (Å²) in [6.45, 7) is 5.58. The number of rotatable bonds is 7. The normalized spacial score (nSPS) is 15.8. The highest BCUT2D eigenvalue weighted by Gasteiger charge is 2.28. The van der Waals surface area contributed by atoms with Gasteiger partial charge in [0.2, 0.25) is 10.0 Å². The zero-order valence-electron chi connectivity index (χ0n) is 17.2. The van der Waals surface area contributed by atoms with E-state index in [0.29, 0.717) is 44.4 Å². The fraction of sp³-hybridized carbons (Fsp3) is 0.318. The number of thiazole rings is 1. The van der Waals surface area contributed by atoms with E-state index >= 15 is 0 Å². The summed E-state index contributed by atoms with van der Waals surface area (Å²) in [5, 5.41) is 3.57. The summed E-state index contributed by atoms with van der Waals surface area (Å²) < 4.78 is 32.7. The zero-order chi connectivity index (χ0) is 21.8. The maximum Gasteiger partial charge on any atom is 0.243 e. The molecule has 1 aliphatic rings. The molecular formula is C22H24ClN3O3S2. The lowest BCUT2D eigenvalue weighted by Crippen LogP contribution is -2.48. The molecule has 0 saturated carbocycles. The second-order valence-electron chi connectivity index (χ2n) is 7.24. The SMILES string of the molecule is CCOc1ccc(-c2nc(CN3CCN(S(=O)(=O)c4ccc(Cl)cc4)CC3)cs2)cc1. The molecule has 1 saturated heterocycles. The molecule has 0 bridgehead atoms. The van der Waals surface area contributed by atoms with Crippen LogP contribution in [0.15, 0.2) is 58.8 Å². The number of sulfonamides is 1. The third-order valence-corrected chi connectivity index (χ3v) is 8.24. The first-order valence-corrected chi connectivity index (χ1v) is 12.8. The molecule has 0 radical (unpaired) electrons. The molecule has 1 fully saturated rings. The first-order chi connectivity index (χ1) is 15.0. The monoisotopic (exact) mass is 477 g/mol. The van der Waals surface area contributed by atoms with Crippen molar-refractivity contribution in [2.45, 2.75) is 18.4 Å². The molecule has 0 atom stereocenters. The van der Waals surface area contributed by atoms with Crippen molar-refractivity contribution >= 4 is 33.0 Å². The Morgan fingerprint density at radius 3 is 2.35 bits per heavy atom. The molecule has 4 rings (SSSR count). The second kappa shape index (κ2) is 9.67. The second-order valence-corrected chi connectivity index (χ2v) is 10.5. The van der Waals surface area contributed by atoms with Gasteiger partial charge in [-0.15, -0.1) is 11.3 Å². The Balaban J connectivity index is 1.34. The highest BCUT2D eigenvalue weighted by molar-refractivity contribution is 7.89. The maximum absolute atomic E-state index is 12.8. The van der Waals surface area contributed by atoms with E-state index in [1.54, 1.807) is 39.9 Å². The zero-order valence-corrected chi connectivity index (χ0v) is 19.6. The number of benzene rings is 2.